The monoisotopic (exact) mass is 375 g/mol. The zero-order valence-corrected chi connectivity index (χ0v) is 15.4. The van der Waals surface area contributed by atoms with Gasteiger partial charge in [-0.1, -0.05) is 30.3 Å². The van der Waals surface area contributed by atoms with Crippen LogP contribution >= 0.6 is 0 Å². The van der Waals surface area contributed by atoms with Crippen LogP contribution in [0.3, 0.4) is 0 Å². The smallest absolute Gasteiger partial charge is 0.339 e. The van der Waals surface area contributed by atoms with Gasteiger partial charge >= 0.3 is 11.6 Å². The van der Waals surface area contributed by atoms with Gasteiger partial charge in [-0.25, -0.2) is 4.79 Å². The van der Waals surface area contributed by atoms with Crippen LogP contribution in [-0.2, 0) is 11.2 Å². The van der Waals surface area contributed by atoms with Crippen LogP contribution in [0.25, 0.3) is 21.9 Å². The maximum absolute atomic E-state index is 12.6. The number of rotatable bonds is 3. The first-order chi connectivity index (χ1) is 13.4. The number of fused-ring (bicyclic) bond motifs is 2. The number of hydrogen-bond acceptors (Lipinski definition) is 5. The SMILES string of the molecule is CC(=O)Oc1cccc2cc(Cc3cn(C(C)=O)c4ccccc34)c(=O)oc12. The molecule has 0 atom stereocenters. The van der Waals surface area contributed by atoms with Crippen molar-refractivity contribution >= 4 is 33.7 Å². The Kier molecular flexibility index (Phi) is 4.31. The molecule has 28 heavy (non-hydrogen) atoms. The lowest BCUT2D eigenvalue weighted by atomic mass is 10.0. The summed E-state index contributed by atoms with van der Waals surface area (Å²) in [6.07, 6.45) is 2.07. The molecule has 0 aliphatic heterocycles. The van der Waals surface area contributed by atoms with E-state index >= 15 is 0 Å². The maximum atomic E-state index is 12.6. The molecule has 6 heteroatoms. The van der Waals surface area contributed by atoms with E-state index in [9.17, 15) is 14.4 Å². The molecule has 0 saturated carbocycles. The molecule has 0 N–H and O–H groups in total. The van der Waals surface area contributed by atoms with Crippen molar-refractivity contribution < 1.29 is 18.7 Å². The highest BCUT2D eigenvalue weighted by atomic mass is 16.5. The molecular formula is C22H17NO5. The third-order valence-corrected chi connectivity index (χ3v) is 4.56. The summed E-state index contributed by atoms with van der Waals surface area (Å²) < 4.78 is 12.1. The third kappa shape index (κ3) is 3.09. The van der Waals surface area contributed by atoms with E-state index in [0.717, 1.165) is 16.5 Å². The first kappa shape index (κ1) is 17.7. The molecule has 0 amide bonds. The van der Waals surface area contributed by atoms with Crippen LogP contribution in [0.2, 0.25) is 0 Å². The van der Waals surface area contributed by atoms with Crippen molar-refractivity contribution in [3.8, 4) is 5.75 Å². The Morgan fingerprint density at radius 3 is 2.57 bits per heavy atom. The summed E-state index contributed by atoms with van der Waals surface area (Å²) in [6.45, 7) is 2.78. The lowest BCUT2D eigenvalue weighted by Crippen LogP contribution is -2.09. The molecule has 2 aromatic heterocycles. The fourth-order valence-electron chi connectivity index (χ4n) is 3.38. The molecule has 0 aliphatic rings. The predicted octanol–water partition coefficient (Wildman–Crippen LogP) is 3.92. The van der Waals surface area contributed by atoms with Crippen LogP contribution < -0.4 is 10.4 Å². The van der Waals surface area contributed by atoms with Crippen molar-refractivity contribution in [2.75, 3.05) is 0 Å². The van der Waals surface area contributed by atoms with Crippen LogP contribution in [0.5, 0.6) is 5.75 Å². The number of nitrogens with zero attached hydrogens (tertiary/aromatic N) is 1. The number of carbonyl (C=O) groups is 2. The highest BCUT2D eigenvalue weighted by molar-refractivity contribution is 5.94. The predicted molar refractivity (Wildman–Crippen MR) is 105 cm³/mol. The van der Waals surface area contributed by atoms with E-state index in [0.29, 0.717) is 17.4 Å². The molecule has 6 nitrogen and oxygen atoms in total. The fourth-order valence-corrected chi connectivity index (χ4v) is 3.38. The molecule has 0 aliphatic carbocycles. The molecule has 0 fully saturated rings. The largest absolute Gasteiger partial charge is 0.423 e. The van der Waals surface area contributed by atoms with Gasteiger partial charge in [0.1, 0.15) is 0 Å². The van der Waals surface area contributed by atoms with Crippen LogP contribution in [0.1, 0.15) is 29.8 Å². The highest BCUT2D eigenvalue weighted by Gasteiger charge is 2.15. The number of benzene rings is 2. The van der Waals surface area contributed by atoms with E-state index in [1.807, 2.05) is 24.3 Å². The Morgan fingerprint density at radius 2 is 1.82 bits per heavy atom. The van der Waals surface area contributed by atoms with E-state index < -0.39 is 11.6 Å². The van der Waals surface area contributed by atoms with Gasteiger partial charge in [0.25, 0.3) is 0 Å². The van der Waals surface area contributed by atoms with Crippen LogP contribution in [0.15, 0.2) is 63.9 Å². The number of ether oxygens (including phenoxy) is 1. The molecule has 0 radical (unpaired) electrons. The minimum Gasteiger partial charge on any atom is -0.423 e. The van der Waals surface area contributed by atoms with E-state index in [2.05, 4.69) is 0 Å². The standard InChI is InChI=1S/C22H17NO5/c1-13(24)23-12-17(18-7-3-4-8-19(18)23)11-16-10-15-6-5-9-20(27-14(2)25)21(15)28-22(16)26/h3-10,12H,11H2,1-2H3. The molecule has 140 valence electrons. The van der Waals surface area contributed by atoms with E-state index in [-0.39, 0.29) is 17.2 Å². The zero-order valence-electron chi connectivity index (χ0n) is 15.4. The summed E-state index contributed by atoms with van der Waals surface area (Å²) in [5.41, 5.74) is 1.84. The zero-order chi connectivity index (χ0) is 19.8. The average molecular weight is 375 g/mol. The number of carbonyl (C=O) groups excluding carboxylic acids is 2. The van der Waals surface area contributed by atoms with Gasteiger partial charge in [0, 0.05) is 42.8 Å². The van der Waals surface area contributed by atoms with Gasteiger partial charge in [-0.15, -0.1) is 0 Å². The maximum Gasteiger partial charge on any atom is 0.339 e. The number of aromatic nitrogens is 1. The van der Waals surface area contributed by atoms with Crippen molar-refractivity contribution in [1.82, 2.24) is 4.57 Å². The van der Waals surface area contributed by atoms with Crippen molar-refractivity contribution in [2.24, 2.45) is 0 Å². The van der Waals surface area contributed by atoms with E-state index in [1.54, 1.807) is 35.0 Å². The molecule has 0 bridgehead atoms. The minimum atomic E-state index is -0.508. The summed E-state index contributed by atoms with van der Waals surface area (Å²) in [7, 11) is 0. The van der Waals surface area contributed by atoms with E-state index in [4.69, 9.17) is 9.15 Å². The molecule has 4 aromatic rings. The summed E-state index contributed by atoms with van der Waals surface area (Å²) in [5.74, 6) is -0.378. The van der Waals surface area contributed by atoms with Crippen LogP contribution in [0, 0.1) is 0 Å². The quantitative estimate of drug-likeness (QED) is 0.308. The number of para-hydroxylation sites is 2. The lowest BCUT2D eigenvalue weighted by molar-refractivity contribution is -0.131. The second-order valence-corrected chi connectivity index (χ2v) is 6.56. The molecule has 0 spiro atoms. The Labute approximate surface area is 159 Å². The van der Waals surface area contributed by atoms with Gasteiger partial charge in [-0.3, -0.25) is 14.2 Å². The Balaban J connectivity index is 1.82. The summed E-state index contributed by atoms with van der Waals surface area (Å²) in [6, 6.07) is 14.4. The first-order valence-corrected chi connectivity index (χ1v) is 8.78. The van der Waals surface area contributed by atoms with Gasteiger partial charge in [0.05, 0.1) is 5.52 Å². The highest BCUT2D eigenvalue weighted by Crippen LogP contribution is 2.27. The molecule has 0 saturated heterocycles. The molecule has 0 unspecified atom stereocenters. The average Bonchev–Trinajstić information content (AvgIpc) is 3.02. The van der Waals surface area contributed by atoms with Gasteiger partial charge in [-0.2, -0.15) is 0 Å². The van der Waals surface area contributed by atoms with Crippen LogP contribution in [-0.4, -0.2) is 16.4 Å². The van der Waals surface area contributed by atoms with Crippen LogP contribution in [0.4, 0.5) is 0 Å². The first-order valence-electron chi connectivity index (χ1n) is 8.78. The molecule has 2 aromatic carbocycles. The number of hydrogen-bond donors (Lipinski definition) is 0. The van der Waals surface area contributed by atoms with Gasteiger partial charge < -0.3 is 9.15 Å². The van der Waals surface area contributed by atoms with Crippen molar-refractivity contribution in [2.45, 2.75) is 20.3 Å². The fraction of sp³-hybridized carbons (Fsp3) is 0.136. The second-order valence-electron chi connectivity index (χ2n) is 6.56. The molecular weight excluding hydrogens is 358 g/mol. The Bertz CT molecular complexity index is 1300. The summed E-state index contributed by atoms with van der Waals surface area (Å²) in [5, 5.41) is 1.56. The van der Waals surface area contributed by atoms with Crippen molar-refractivity contribution in [3.05, 3.63) is 76.3 Å². The summed E-state index contributed by atoms with van der Waals surface area (Å²) in [4.78, 5) is 35.8. The normalized spacial score (nSPS) is 11.1. The number of esters is 1. The minimum absolute atomic E-state index is 0.0981. The van der Waals surface area contributed by atoms with E-state index in [1.165, 1.54) is 13.8 Å². The lowest BCUT2D eigenvalue weighted by Gasteiger charge is -2.06. The van der Waals surface area contributed by atoms with Gasteiger partial charge in [-0.05, 0) is 23.8 Å². The topological polar surface area (TPSA) is 78.5 Å². The molecule has 4 rings (SSSR count). The third-order valence-electron chi connectivity index (χ3n) is 4.56. The molecule has 2 heterocycles. The van der Waals surface area contributed by atoms with Crippen molar-refractivity contribution in [1.29, 1.82) is 0 Å². The Morgan fingerprint density at radius 1 is 1.04 bits per heavy atom. The second kappa shape index (κ2) is 6.81. The summed E-state index contributed by atoms with van der Waals surface area (Å²) >= 11 is 0. The van der Waals surface area contributed by atoms with Gasteiger partial charge in [0.2, 0.25) is 5.91 Å². The van der Waals surface area contributed by atoms with Gasteiger partial charge in [0.15, 0.2) is 11.3 Å². The van der Waals surface area contributed by atoms with Crippen molar-refractivity contribution in [3.63, 3.8) is 0 Å². The Hall–Kier alpha value is -3.67.